The van der Waals surface area contributed by atoms with E-state index in [-0.39, 0.29) is 0 Å². The first-order chi connectivity index (χ1) is 16.0. The molecule has 0 saturated carbocycles. The largest absolute Gasteiger partial charge is 0.494 e. The minimum Gasteiger partial charge on any atom is -0.494 e. The number of methoxy groups -OCH3 is 2. The predicted molar refractivity (Wildman–Crippen MR) is 128 cm³/mol. The van der Waals surface area contributed by atoms with Gasteiger partial charge in [0.15, 0.2) is 0 Å². The van der Waals surface area contributed by atoms with E-state index in [0.717, 1.165) is 0 Å². The van der Waals surface area contributed by atoms with E-state index in [1.165, 1.54) is 0 Å². The van der Waals surface area contributed by atoms with Gasteiger partial charge in [0.2, 0.25) is 0 Å². The molecule has 0 aliphatic rings. The van der Waals surface area contributed by atoms with Crippen molar-refractivity contribution in [3.8, 4) is 46.0 Å². The summed E-state index contributed by atoms with van der Waals surface area (Å²) in [6, 6.07) is 25.1. The van der Waals surface area contributed by atoms with Crippen LogP contribution in [0.3, 0.4) is 0 Å². The lowest BCUT2D eigenvalue weighted by Crippen LogP contribution is -1.93. The van der Waals surface area contributed by atoms with Crippen LogP contribution in [-0.4, -0.2) is 14.2 Å². The Morgan fingerprint density at radius 1 is 0.424 bits per heavy atom. The summed E-state index contributed by atoms with van der Waals surface area (Å²) in [4.78, 5) is 0. The Morgan fingerprint density at radius 3 is 1.00 bits per heavy atom. The Labute approximate surface area is 192 Å². The average Bonchev–Trinajstić information content (AvgIpc) is 2.84. The summed E-state index contributed by atoms with van der Waals surface area (Å²) in [5.41, 5.74) is 12.8. The molecule has 0 bridgehead atoms. The molecule has 168 valence electrons. The van der Waals surface area contributed by atoms with E-state index in [0.29, 0.717) is 57.4 Å². The van der Waals surface area contributed by atoms with E-state index >= 15 is 0 Å². The number of anilines is 2. The van der Waals surface area contributed by atoms with Gasteiger partial charge in [0.1, 0.15) is 46.0 Å². The molecule has 0 fully saturated rings. The maximum atomic E-state index is 5.91. The Kier molecular flexibility index (Phi) is 6.40. The normalized spacial score (nSPS) is 10.4. The molecule has 0 unspecified atom stereocenters. The summed E-state index contributed by atoms with van der Waals surface area (Å²) in [6.45, 7) is 0. The van der Waals surface area contributed by atoms with Crippen molar-refractivity contribution in [2.24, 2.45) is 0 Å². The summed E-state index contributed by atoms with van der Waals surface area (Å²) in [5.74, 6) is 5.07. The highest BCUT2D eigenvalue weighted by molar-refractivity contribution is 5.57. The van der Waals surface area contributed by atoms with Gasteiger partial charge in [0.05, 0.1) is 25.6 Å². The Bertz CT molecular complexity index is 1130. The van der Waals surface area contributed by atoms with Crippen molar-refractivity contribution in [2.45, 2.75) is 0 Å². The molecule has 4 rings (SSSR count). The third-order valence-corrected chi connectivity index (χ3v) is 4.76. The molecule has 0 heterocycles. The van der Waals surface area contributed by atoms with Crippen LogP contribution in [0.15, 0.2) is 84.9 Å². The molecule has 0 amide bonds. The number of hydrogen-bond acceptors (Lipinski definition) is 7. The second-order valence-electron chi connectivity index (χ2n) is 7.06. The lowest BCUT2D eigenvalue weighted by atomic mass is 10.2. The fourth-order valence-electron chi connectivity index (χ4n) is 3.07. The highest BCUT2D eigenvalue weighted by atomic mass is 16.5. The molecule has 0 saturated heterocycles. The minimum atomic E-state index is 0.554. The van der Waals surface area contributed by atoms with Gasteiger partial charge in [0.25, 0.3) is 0 Å². The maximum Gasteiger partial charge on any atom is 0.145 e. The van der Waals surface area contributed by atoms with Crippen LogP contribution in [0.1, 0.15) is 0 Å². The summed E-state index contributed by atoms with van der Waals surface area (Å²) >= 11 is 0. The maximum absolute atomic E-state index is 5.91. The number of ether oxygens (including phenoxy) is 5. The SMILES string of the molecule is COc1cc(Oc2ccc(Oc3ccc(Oc4ccc(N)c(OC)c4)cc3)cc2)ccc1N. The minimum absolute atomic E-state index is 0.554. The quantitative estimate of drug-likeness (QED) is 0.310. The van der Waals surface area contributed by atoms with Crippen molar-refractivity contribution in [3.63, 3.8) is 0 Å². The third-order valence-electron chi connectivity index (χ3n) is 4.76. The van der Waals surface area contributed by atoms with Crippen molar-refractivity contribution in [1.29, 1.82) is 0 Å². The van der Waals surface area contributed by atoms with E-state index < -0.39 is 0 Å². The van der Waals surface area contributed by atoms with E-state index in [2.05, 4.69) is 0 Å². The summed E-state index contributed by atoms with van der Waals surface area (Å²) in [6.07, 6.45) is 0. The molecule has 4 N–H and O–H groups in total. The van der Waals surface area contributed by atoms with Crippen LogP contribution in [0.5, 0.6) is 46.0 Å². The Morgan fingerprint density at radius 2 is 0.697 bits per heavy atom. The van der Waals surface area contributed by atoms with Gasteiger partial charge in [-0.15, -0.1) is 0 Å². The molecular formula is C26H24N2O5. The molecular weight excluding hydrogens is 420 g/mol. The van der Waals surface area contributed by atoms with Crippen LogP contribution in [0.25, 0.3) is 0 Å². The Balaban J connectivity index is 1.37. The van der Waals surface area contributed by atoms with E-state index in [1.54, 1.807) is 50.6 Å². The van der Waals surface area contributed by atoms with Crippen molar-refractivity contribution >= 4 is 11.4 Å². The molecule has 4 aromatic rings. The standard InChI is InChI=1S/C26H24N2O5/c1-29-25-15-21(11-13-23(25)27)32-19-7-3-17(4-8-19)31-18-5-9-20(10-6-18)33-22-12-14-24(28)26(16-22)30-2/h3-16H,27-28H2,1-2H3. The second kappa shape index (κ2) is 9.74. The van der Waals surface area contributed by atoms with Crippen LogP contribution in [0.2, 0.25) is 0 Å². The first-order valence-corrected chi connectivity index (χ1v) is 10.1. The predicted octanol–water partition coefficient (Wildman–Crippen LogP) is 6.25. The summed E-state index contributed by atoms with van der Waals surface area (Å²) < 4.78 is 28.1. The van der Waals surface area contributed by atoms with Gasteiger partial charge >= 0.3 is 0 Å². The number of benzene rings is 4. The first-order valence-electron chi connectivity index (χ1n) is 10.1. The van der Waals surface area contributed by atoms with Crippen LogP contribution >= 0.6 is 0 Å². The molecule has 0 aliphatic heterocycles. The topological polar surface area (TPSA) is 98.2 Å². The van der Waals surface area contributed by atoms with Crippen molar-refractivity contribution in [3.05, 3.63) is 84.9 Å². The van der Waals surface area contributed by atoms with Gasteiger partial charge < -0.3 is 35.2 Å². The molecule has 0 atom stereocenters. The fraction of sp³-hybridized carbons (Fsp3) is 0.0769. The van der Waals surface area contributed by atoms with Gasteiger partial charge in [0, 0.05) is 12.1 Å². The summed E-state index contributed by atoms with van der Waals surface area (Å²) in [5, 5.41) is 0. The number of rotatable bonds is 8. The van der Waals surface area contributed by atoms with Gasteiger partial charge in [-0.05, 0) is 72.8 Å². The molecule has 0 radical (unpaired) electrons. The van der Waals surface area contributed by atoms with Crippen LogP contribution in [-0.2, 0) is 0 Å². The van der Waals surface area contributed by atoms with E-state index in [9.17, 15) is 0 Å². The molecule has 0 aliphatic carbocycles. The van der Waals surface area contributed by atoms with Gasteiger partial charge in [-0.1, -0.05) is 0 Å². The second-order valence-corrected chi connectivity index (χ2v) is 7.06. The van der Waals surface area contributed by atoms with Crippen LogP contribution < -0.4 is 35.2 Å². The van der Waals surface area contributed by atoms with Crippen molar-refractivity contribution < 1.29 is 23.7 Å². The molecule has 7 nitrogen and oxygen atoms in total. The fourth-order valence-corrected chi connectivity index (χ4v) is 3.07. The number of nitrogen functional groups attached to an aromatic ring is 2. The highest BCUT2D eigenvalue weighted by Crippen LogP contribution is 2.33. The number of nitrogens with two attached hydrogens (primary N) is 2. The Hall–Kier alpha value is -4.52. The van der Waals surface area contributed by atoms with E-state index in [4.69, 9.17) is 35.2 Å². The van der Waals surface area contributed by atoms with Crippen LogP contribution in [0, 0.1) is 0 Å². The van der Waals surface area contributed by atoms with Gasteiger partial charge in [-0.25, -0.2) is 0 Å². The third kappa shape index (κ3) is 5.40. The zero-order chi connectivity index (χ0) is 23.2. The average molecular weight is 444 g/mol. The zero-order valence-corrected chi connectivity index (χ0v) is 18.3. The molecule has 4 aromatic carbocycles. The highest BCUT2D eigenvalue weighted by Gasteiger charge is 2.06. The smallest absolute Gasteiger partial charge is 0.145 e. The lowest BCUT2D eigenvalue weighted by Gasteiger charge is -2.11. The zero-order valence-electron chi connectivity index (χ0n) is 18.3. The molecule has 33 heavy (non-hydrogen) atoms. The van der Waals surface area contributed by atoms with Crippen molar-refractivity contribution in [1.82, 2.24) is 0 Å². The van der Waals surface area contributed by atoms with E-state index in [1.807, 2.05) is 48.5 Å². The number of hydrogen-bond donors (Lipinski definition) is 2. The molecule has 7 heteroatoms. The van der Waals surface area contributed by atoms with Crippen LogP contribution in [0.4, 0.5) is 11.4 Å². The van der Waals surface area contributed by atoms with Gasteiger partial charge in [-0.2, -0.15) is 0 Å². The monoisotopic (exact) mass is 444 g/mol. The first kappa shape index (κ1) is 21.7. The summed E-state index contributed by atoms with van der Waals surface area (Å²) in [7, 11) is 3.13. The molecule has 0 spiro atoms. The van der Waals surface area contributed by atoms with Crippen molar-refractivity contribution in [2.75, 3.05) is 25.7 Å². The molecule has 0 aromatic heterocycles. The van der Waals surface area contributed by atoms with Gasteiger partial charge in [-0.3, -0.25) is 0 Å². The lowest BCUT2D eigenvalue weighted by molar-refractivity contribution is 0.411.